The van der Waals surface area contributed by atoms with Gasteiger partial charge < -0.3 is 59.8 Å². The number of carbonyl (C=O) groups excluding carboxylic acids is 4. The number of aromatic nitrogens is 5. The molecular formula is C66H81N17O14S4. The highest BCUT2D eigenvalue weighted by molar-refractivity contribution is 7.86. The first-order chi connectivity index (χ1) is 48.4. The molecular weight excluding hydrogens is 1380 g/mol. The van der Waals surface area contributed by atoms with E-state index >= 15 is 0 Å². The number of hydrogen-bond donors (Lipinski definition) is 6. The van der Waals surface area contributed by atoms with E-state index in [0.29, 0.717) is 142 Å². The molecule has 4 aromatic carbocycles. The normalized spacial score (nSPS) is 14.1. The molecule has 0 spiro atoms. The van der Waals surface area contributed by atoms with Crippen LogP contribution in [0.25, 0.3) is 6.08 Å². The Morgan fingerprint density at radius 1 is 0.624 bits per heavy atom. The Labute approximate surface area is 593 Å². The number of nitrogens with zero attached hydrogens (tertiary/aromatic N) is 13. The summed E-state index contributed by atoms with van der Waals surface area (Å²) in [6, 6.07) is 17.2. The lowest BCUT2D eigenvalue weighted by molar-refractivity contribution is -0.126. The van der Waals surface area contributed by atoms with Gasteiger partial charge in [0.15, 0.2) is 5.78 Å². The van der Waals surface area contributed by atoms with Crippen molar-refractivity contribution in [3.05, 3.63) is 93.9 Å². The predicted molar refractivity (Wildman–Crippen MR) is 388 cm³/mol. The van der Waals surface area contributed by atoms with Gasteiger partial charge in [-0.1, -0.05) is 61.0 Å². The lowest BCUT2D eigenvalue weighted by atomic mass is 10.0. The first kappa shape index (κ1) is 75.7. The Morgan fingerprint density at radius 2 is 1.11 bits per heavy atom. The van der Waals surface area contributed by atoms with E-state index in [1.54, 1.807) is 26.4 Å². The Kier molecular flexibility index (Phi) is 26.0. The number of aryl methyl sites for hydroxylation is 1. The van der Waals surface area contributed by atoms with Gasteiger partial charge in [0.1, 0.15) is 52.0 Å². The van der Waals surface area contributed by atoms with Gasteiger partial charge >= 0.3 is 0 Å². The van der Waals surface area contributed by atoms with Crippen molar-refractivity contribution in [2.45, 2.75) is 96.3 Å². The second-order valence-electron chi connectivity index (χ2n) is 23.0. The molecule has 2 saturated heterocycles. The van der Waals surface area contributed by atoms with Crippen LogP contribution in [-0.2, 0) is 55.3 Å². The van der Waals surface area contributed by atoms with Crippen LogP contribution in [0.4, 0.5) is 79.3 Å². The molecule has 31 nitrogen and oxygen atoms in total. The van der Waals surface area contributed by atoms with E-state index in [9.17, 15) is 45.1 Å². The number of rotatable bonds is 33. The van der Waals surface area contributed by atoms with Crippen molar-refractivity contribution in [2.75, 3.05) is 134 Å². The van der Waals surface area contributed by atoms with Crippen molar-refractivity contribution < 1.29 is 64.1 Å². The van der Waals surface area contributed by atoms with Crippen LogP contribution in [0.1, 0.15) is 95.6 Å². The quantitative estimate of drug-likeness (QED) is 0.00555. The molecule has 7 aromatic rings. The van der Waals surface area contributed by atoms with Crippen LogP contribution in [0.5, 0.6) is 11.5 Å². The summed E-state index contributed by atoms with van der Waals surface area (Å²) in [4.78, 5) is 87.4. The van der Waals surface area contributed by atoms with E-state index in [-0.39, 0.29) is 55.4 Å². The molecule has 5 heterocycles. The smallest absolute Gasteiger partial charge is 0.294 e. The topological polar surface area (TPSA) is 389 Å². The van der Waals surface area contributed by atoms with Crippen molar-refractivity contribution in [1.82, 2.24) is 24.9 Å². The van der Waals surface area contributed by atoms with Gasteiger partial charge in [-0.3, -0.25) is 28.3 Å². The monoisotopic (exact) mass is 1460 g/mol. The number of hydrogen-bond acceptors (Lipinski definition) is 29. The molecule has 2 aliphatic heterocycles. The summed E-state index contributed by atoms with van der Waals surface area (Å²) in [7, 11) is -6.13. The van der Waals surface area contributed by atoms with E-state index in [2.05, 4.69) is 48.2 Å². The molecule has 1 unspecified atom stereocenters. The number of methoxy groups -OCH3 is 2. The highest BCUT2D eigenvalue weighted by atomic mass is 32.2. The van der Waals surface area contributed by atoms with Crippen LogP contribution in [0.15, 0.2) is 109 Å². The highest BCUT2D eigenvalue weighted by Crippen LogP contribution is 2.45. The lowest BCUT2D eigenvalue weighted by Crippen LogP contribution is -2.38. The molecule has 101 heavy (non-hydrogen) atoms. The van der Waals surface area contributed by atoms with Crippen LogP contribution in [0.3, 0.4) is 0 Å². The average molecular weight is 1460 g/mol. The minimum Gasteiger partial charge on any atom is -0.494 e. The fourth-order valence-corrected chi connectivity index (χ4v) is 14.0. The SMILES string of the molecule is CCCCCCc1nc(Nc2cc(N(CC)CC)c(OC)cc2/N=N/c2nc(N3CCOCC3)c(/C=C(\C(C)=O)C(=O)Nc3cccc(S(=O)(=O)O)c3)s2)nc(Nc2cc(N(CC)CC)c(OC)cc2/N=N/c2nc(N3CCOCC3)c(C(C(C)=O)C(=O)Nc3cccc(S(=O)(=O)O)c3)s2)n1. The Hall–Kier alpha value is -9.49. The second-order valence-corrected chi connectivity index (χ2v) is 27.8. The predicted octanol–water partition coefficient (Wildman–Crippen LogP) is 12.0. The van der Waals surface area contributed by atoms with Crippen LogP contribution in [-0.4, -0.2) is 167 Å². The molecule has 0 aliphatic carbocycles. The molecule has 0 bridgehead atoms. The zero-order valence-corrected chi connectivity index (χ0v) is 60.6. The zero-order chi connectivity index (χ0) is 72.5. The molecule has 2 aliphatic rings. The molecule has 0 saturated carbocycles. The van der Waals surface area contributed by atoms with Gasteiger partial charge in [0.25, 0.3) is 26.1 Å². The minimum atomic E-state index is -4.62. The number of ketones is 2. The number of nitrogens with one attached hydrogen (secondary N) is 4. The Bertz CT molecular complexity index is 4470. The van der Waals surface area contributed by atoms with Crippen LogP contribution >= 0.6 is 22.7 Å². The number of unbranched alkanes of at least 4 members (excludes halogenated alkanes) is 3. The van der Waals surface area contributed by atoms with Crippen LogP contribution in [0.2, 0.25) is 0 Å². The number of ether oxygens (including phenoxy) is 4. The first-order valence-electron chi connectivity index (χ1n) is 32.7. The lowest BCUT2D eigenvalue weighted by Gasteiger charge is -2.28. The third kappa shape index (κ3) is 19.5. The average Bonchev–Trinajstić information content (AvgIpc) is 1.78. The first-order valence-corrected chi connectivity index (χ1v) is 37.2. The zero-order valence-electron chi connectivity index (χ0n) is 57.3. The molecule has 6 N–H and O–H groups in total. The second kappa shape index (κ2) is 34.7. The van der Waals surface area contributed by atoms with E-state index in [1.165, 1.54) is 50.3 Å². The van der Waals surface area contributed by atoms with Gasteiger partial charge in [-0.25, -0.2) is 0 Å². The number of benzene rings is 4. The van der Waals surface area contributed by atoms with Crippen molar-refractivity contribution >= 4 is 152 Å². The van der Waals surface area contributed by atoms with Gasteiger partial charge in [0.2, 0.25) is 28.1 Å². The fourth-order valence-electron chi connectivity index (χ4n) is 11.0. The summed E-state index contributed by atoms with van der Waals surface area (Å²) >= 11 is 2.04. The molecule has 2 amide bonds. The summed E-state index contributed by atoms with van der Waals surface area (Å²) in [5, 5.41) is 31.2. The van der Waals surface area contributed by atoms with E-state index < -0.39 is 59.3 Å². The number of morpholine rings is 2. The van der Waals surface area contributed by atoms with E-state index in [1.807, 2.05) is 49.6 Å². The summed E-state index contributed by atoms with van der Waals surface area (Å²) < 4.78 is 90.6. The van der Waals surface area contributed by atoms with Gasteiger partial charge in [0.05, 0.1) is 88.5 Å². The molecule has 0 radical (unpaired) electrons. The Morgan fingerprint density at radius 3 is 1.57 bits per heavy atom. The minimum absolute atomic E-state index is 0.0197. The summed E-state index contributed by atoms with van der Waals surface area (Å²) in [6.07, 6.45) is 5.52. The van der Waals surface area contributed by atoms with E-state index in [4.69, 9.17) is 54.1 Å². The number of azo groups is 2. The maximum Gasteiger partial charge on any atom is 0.294 e. The number of amides is 2. The molecule has 9 rings (SSSR count). The van der Waals surface area contributed by atoms with Gasteiger partial charge in [-0.05, 0) is 103 Å². The van der Waals surface area contributed by atoms with Crippen LogP contribution in [0, 0.1) is 0 Å². The fraction of sp³-hybridized carbons (Fsp3) is 0.409. The molecule has 1 atom stereocenters. The summed E-state index contributed by atoms with van der Waals surface area (Å²) in [6.45, 7) is 18.1. The number of carbonyl (C=O) groups is 4. The molecule has 2 fully saturated rings. The van der Waals surface area contributed by atoms with Crippen molar-refractivity contribution in [1.29, 1.82) is 0 Å². The van der Waals surface area contributed by atoms with Crippen LogP contribution < -0.4 is 50.3 Å². The third-order valence-electron chi connectivity index (χ3n) is 16.2. The molecule has 538 valence electrons. The van der Waals surface area contributed by atoms with Gasteiger partial charge in [-0.2, -0.15) is 41.8 Å². The maximum absolute atomic E-state index is 14.2. The standard InChI is InChI=1S/C66H81N17O14S4/c1-10-15-16-17-24-56-71-63(69-47-36-51(80(11-2)12-3)53(94-8)38-49(47)76-78-65-73-59(82-25-29-96-30-26-82)55(98-65)35-46(40(6)84)61(86)67-42-20-18-22-44(33-42)100(88,89)90)75-64(72-56)70-48-37-52(81(13-4)14-5)54(95-9)39-50(48)77-79-66-74-60(83-27-31-97-32-28-83)58(99-66)57(41(7)85)62(87)68-43-21-19-23-45(34-43)101(91,92)93/h18-23,33-39,57H,10-17,24-32H2,1-9H3,(H,67,86)(H,68,87)(H,88,89,90)(H,91,92,93)(H2,69,70,71,72,75)/b46-35+,78-76+,79-77+. The number of thiazole rings is 2. The van der Waals surface area contributed by atoms with E-state index in [0.717, 1.165) is 66.6 Å². The van der Waals surface area contributed by atoms with Crippen molar-refractivity contribution in [3.8, 4) is 11.5 Å². The van der Waals surface area contributed by atoms with Gasteiger partial charge in [0, 0.05) is 82.3 Å². The maximum atomic E-state index is 14.2. The molecule has 3 aromatic heterocycles. The summed E-state index contributed by atoms with van der Waals surface area (Å²) in [5.74, 6) is -1.84. The van der Waals surface area contributed by atoms with Crippen molar-refractivity contribution in [3.63, 3.8) is 0 Å². The summed E-state index contributed by atoms with van der Waals surface area (Å²) in [5.41, 5.74) is 2.52. The third-order valence-corrected chi connectivity index (χ3v) is 19.8. The largest absolute Gasteiger partial charge is 0.494 e. The van der Waals surface area contributed by atoms with Crippen molar-refractivity contribution in [2.24, 2.45) is 20.5 Å². The van der Waals surface area contributed by atoms with Gasteiger partial charge in [-0.15, -0.1) is 20.5 Å². The number of anilines is 10. The number of Topliss-reactive ketones (excluding diaryl/α,β-unsaturated/α-hetero) is 2. The molecule has 35 heteroatoms. The Balaban J connectivity index is 1.12. The highest BCUT2D eigenvalue weighted by Gasteiger charge is 2.35.